The van der Waals surface area contributed by atoms with Crippen molar-refractivity contribution in [3.05, 3.63) is 29.8 Å². The Morgan fingerprint density at radius 1 is 1.24 bits per heavy atom. The molecule has 0 saturated heterocycles. The molecule has 1 aromatic carbocycles. The quantitative estimate of drug-likeness (QED) is 0.897. The lowest BCUT2D eigenvalue weighted by Crippen LogP contribution is -2.52. The summed E-state index contributed by atoms with van der Waals surface area (Å²) in [6.45, 7) is 7.01. The predicted molar refractivity (Wildman–Crippen MR) is 85.9 cm³/mol. The summed E-state index contributed by atoms with van der Waals surface area (Å²) in [7, 11) is -3.51. The second-order valence-electron chi connectivity index (χ2n) is 5.92. The third-order valence-electron chi connectivity index (χ3n) is 3.63. The Morgan fingerprint density at radius 3 is 2.05 bits per heavy atom. The van der Waals surface area contributed by atoms with Crippen LogP contribution in [0.25, 0.3) is 0 Å². The lowest BCUT2D eigenvalue weighted by Gasteiger charge is -2.33. The summed E-state index contributed by atoms with van der Waals surface area (Å²) in [4.78, 5) is 14.2. The summed E-state index contributed by atoms with van der Waals surface area (Å²) in [6, 6.07) is 7.11. The number of carbonyl (C=O) groups excluding carboxylic acids is 1. The normalized spacial score (nSPS) is 12.5. The number of anilines is 1. The number of nitrogens with two attached hydrogens (primary N) is 1. The van der Waals surface area contributed by atoms with E-state index in [0.717, 1.165) is 11.8 Å². The summed E-state index contributed by atoms with van der Waals surface area (Å²) in [5, 5.41) is 0. The third kappa shape index (κ3) is 3.63. The van der Waals surface area contributed by atoms with E-state index in [0.29, 0.717) is 12.2 Å². The minimum atomic E-state index is -3.51. The van der Waals surface area contributed by atoms with Crippen LogP contribution < -0.4 is 10.6 Å². The van der Waals surface area contributed by atoms with E-state index < -0.39 is 20.5 Å². The van der Waals surface area contributed by atoms with Crippen LogP contribution in [0.5, 0.6) is 0 Å². The average molecular weight is 312 g/mol. The van der Waals surface area contributed by atoms with Crippen molar-refractivity contribution in [1.29, 1.82) is 0 Å². The SMILES string of the molecule is CC(C)N(C(=O)C(C)(C)S(C)(=O)=O)c1ccc(CN)cc1. The molecule has 21 heavy (non-hydrogen) atoms. The lowest BCUT2D eigenvalue weighted by molar-refractivity contribution is -0.120. The second-order valence-corrected chi connectivity index (χ2v) is 8.49. The molecule has 0 aromatic heterocycles. The van der Waals surface area contributed by atoms with Gasteiger partial charge in [-0.1, -0.05) is 12.1 Å². The van der Waals surface area contributed by atoms with Crippen LogP contribution in [0.1, 0.15) is 33.3 Å². The maximum absolute atomic E-state index is 12.7. The fourth-order valence-corrected chi connectivity index (χ4v) is 2.31. The largest absolute Gasteiger partial charge is 0.326 e. The number of hydrogen-bond donors (Lipinski definition) is 1. The van der Waals surface area contributed by atoms with Crippen molar-refractivity contribution in [3.63, 3.8) is 0 Å². The molecule has 0 spiro atoms. The predicted octanol–water partition coefficient (Wildman–Crippen LogP) is 1.71. The Balaban J connectivity index is 3.27. The minimum absolute atomic E-state index is 0.151. The molecule has 0 bridgehead atoms. The van der Waals surface area contributed by atoms with Gasteiger partial charge in [-0.3, -0.25) is 4.79 Å². The highest BCUT2D eigenvalue weighted by Gasteiger charge is 2.42. The van der Waals surface area contributed by atoms with Crippen LogP contribution >= 0.6 is 0 Å². The van der Waals surface area contributed by atoms with E-state index in [2.05, 4.69) is 0 Å². The number of amides is 1. The van der Waals surface area contributed by atoms with Crippen LogP contribution in [-0.4, -0.2) is 31.4 Å². The van der Waals surface area contributed by atoms with E-state index >= 15 is 0 Å². The van der Waals surface area contributed by atoms with Gasteiger partial charge in [-0.15, -0.1) is 0 Å². The Labute approximate surface area is 127 Å². The maximum Gasteiger partial charge on any atom is 0.248 e. The molecule has 0 fully saturated rings. The van der Waals surface area contributed by atoms with Crippen molar-refractivity contribution in [3.8, 4) is 0 Å². The van der Waals surface area contributed by atoms with Gasteiger partial charge in [0.1, 0.15) is 4.75 Å². The molecule has 6 heteroatoms. The molecule has 5 nitrogen and oxygen atoms in total. The van der Waals surface area contributed by atoms with Crippen molar-refractivity contribution in [2.45, 2.75) is 45.0 Å². The summed E-state index contributed by atoms with van der Waals surface area (Å²) >= 11 is 0. The van der Waals surface area contributed by atoms with Crippen LogP contribution in [0.3, 0.4) is 0 Å². The standard InChI is InChI=1S/C15H24N2O3S/c1-11(2)17(13-8-6-12(10-16)7-9-13)14(18)15(3,4)21(5,19)20/h6-9,11H,10,16H2,1-5H3. The summed E-state index contributed by atoms with van der Waals surface area (Å²) in [6.07, 6.45) is 1.08. The van der Waals surface area contributed by atoms with Crippen molar-refractivity contribution >= 4 is 21.4 Å². The Hall–Kier alpha value is -1.40. The Bertz CT molecular complexity index is 604. The van der Waals surface area contributed by atoms with Crippen molar-refractivity contribution in [2.24, 2.45) is 5.73 Å². The Kier molecular flexibility index (Phi) is 5.17. The highest BCUT2D eigenvalue weighted by molar-refractivity contribution is 7.92. The topological polar surface area (TPSA) is 80.5 Å². The van der Waals surface area contributed by atoms with E-state index in [-0.39, 0.29) is 6.04 Å². The highest BCUT2D eigenvalue weighted by Crippen LogP contribution is 2.26. The zero-order valence-corrected chi connectivity index (χ0v) is 14.1. The molecule has 2 N–H and O–H groups in total. The first kappa shape index (κ1) is 17.7. The Morgan fingerprint density at radius 2 is 1.71 bits per heavy atom. The first-order valence-corrected chi connectivity index (χ1v) is 8.73. The average Bonchev–Trinajstić information content (AvgIpc) is 2.37. The monoisotopic (exact) mass is 312 g/mol. The van der Waals surface area contributed by atoms with E-state index in [9.17, 15) is 13.2 Å². The zero-order valence-electron chi connectivity index (χ0n) is 13.3. The number of carbonyl (C=O) groups is 1. The molecule has 1 aromatic rings. The molecule has 0 aliphatic carbocycles. The minimum Gasteiger partial charge on any atom is -0.326 e. The van der Waals surface area contributed by atoms with Gasteiger partial charge in [0.25, 0.3) is 0 Å². The zero-order chi connectivity index (χ0) is 16.4. The van der Waals surface area contributed by atoms with Crippen LogP contribution in [0.2, 0.25) is 0 Å². The molecule has 0 radical (unpaired) electrons. The van der Waals surface area contributed by atoms with Crippen molar-refractivity contribution < 1.29 is 13.2 Å². The van der Waals surface area contributed by atoms with E-state index in [1.165, 1.54) is 18.7 Å². The van der Waals surface area contributed by atoms with E-state index in [4.69, 9.17) is 5.73 Å². The lowest BCUT2D eigenvalue weighted by atomic mass is 10.1. The van der Waals surface area contributed by atoms with Crippen molar-refractivity contribution in [2.75, 3.05) is 11.2 Å². The summed E-state index contributed by atoms with van der Waals surface area (Å²) in [5.74, 6) is -0.430. The number of sulfone groups is 1. The maximum atomic E-state index is 12.7. The number of benzene rings is 1. The second kappa shape index (κ2) is 6.15. The van der Waals surface area contributed by atoms with Crippen LogP contribution in [0.15, 0.2) is 24.3 Å². The van der Waals surface area contributed by atoms with Gasteiger partial charge >= 0.3 is 0 Å². The van der Waals surface area contributed by atoms with E-state index in [1.807, 2.05) is 26.0 Å². The number of hydrogen-bond acceptors (Lipinski definition) is 4. The first-order valence-electron chi connectivity index (χ1n) is 6.84. The van der Waals surface area contributed by atoms with Gasteiger partial charge in [0.05, 0.1) is 0 Å². The molecule has 0 aliphatic rings. The van der Waals surface area contributed by atoms with Gasteiger partial charge in [0.2, 0.25) is 5.91 Å². The van der Waals surface area contributed by atoms with Gasteiger partial charge in [-0.05, 0) is 45.4 Å². The fourth-order valence-electron chi connectivity index (χ4n) is 1.89. The molecule has 1 rings (SSSR count). The van der Waals surface area contributed by atoms with Crippen LogP contribution in [-0.2, 0) is 21.2 Å². The van der Waals surface area contributed by atoms with E-state index in [1.54, 1.807) is 12.1 Å². The summed E-state index contributed by atoms with van der Waals surface area (Å²) in [5.41, 5.74) is 7.19. The molecule has 0 aliphatic heterocycles. The molecule has 1 amide bonds. The molecule has 0 heterocycles. The molecule has 118 valence electrons. The van der Waals surface area contributed by atoms with Gasteiger partial charge in [-0.2, -0.15) is 0 Å². The van der Waals surface area contributed by atoms with Crippen molar-refractivity contribution in [1.82, 2.24) is 0 Å². The smallest absolute Gasteiger partial charge is 0.248 e. The van der Waals surface area contributed by atoms with Crippen LogP contribution in [0.4, 0.5) is 5.69 Å². The molecular formula is C15H24N2O3S. The van der Waals surface area contributed by atoms with Gasteiger partial charge in [0, 0.05) is 24.5 Å². The molecule has 0 unspecified atom stereocenters. The van der Waals surface area contributed by atoms with Crippen LogP contribution in [0, 0.1) is 0 Å². The molecule has 0 atom stereocenters. The van der Waals surface area contributed by atoms with Gasteiger partial charge in [0.15, 0.2) is 9.84 Å². The third-order valence-corrected chi connectivity index (χ3v) is 5.66. The molecular weight excluding hydrogens is 288 g/mol. The first-order chi connectivity index (χ1) is 9.52. The number of nitrogens with zero attached hydrogens (tertiary/aromatic N) is 1. The van der Waals surface area contributed by atoms with Gasteiger partial charge in [-0.25, -0.2) is 8.42 Å². The highest BCUT2D eigenvalue weighted by atomic mass is 32.2. The number of rotatable bonds is 5. The van der Waals surface area contributed by atoms with Gasteiger partial charge < -0.3 is 10.6 Å². The molecule has 0 saturated carbocycles. The summed E-state index contributed by atoms with van der Waals surface area (Å²) < 4.78 is 22.3. The fraction of sp³-hybridized carbons (Fsp3) is 0.533.